The summed E-state index contributed by atoms with van der Waals surface area (Å²) in [4.78, 5) is 25.3. The number of urea groups is 1. The number of anilines is 1. The lowest BCUT2D eigenvalue weighted by atomic mass is 9.95. The summed E-state index contributed by atoms with van der Waals surface area (Å²) in [5.41, 5.74) is 2.52. The molecular formula is C19H24N4O4. The lowest BCUT2D eigenvalue weighted by Crippen LogP contribution is -2.41. The lowest BCUT2D eigenvalue weighted by molar-refractivity contribution is -0.137. The fourth-order valence-electron chi connectivity index (χ4n) is 3.32. The Hall–Kier alpha value is -3.03. The summed E-state index contributed by atoms with van der Waals surface area (Å²) in [5, 5.41) is 16.2. The molecule has 0 bridgehead atoms. The zero-order valence-corrected chi connectivity index (χ0v) is 15.5. The van der Waals surface area contributed by atoms with Crippen LogP contribution in [0.2, 0.25) is 0 Å². The summed E-state index contributed by atoms with van der Waals surface area (Å²) < 4.78 is 6.61. The van der Waals surface area contributed by atoms with Gasteiger partial charge in [-0.15, -0.1) is 0 Å². The Bertz CT molecular complexity index is 833. The van der Waals surface area contributed by atoms with Gasteiger partial charge in [0.05, 0.1) is 12.8 Å². The molecule has 1 aliphatic heterocycles. The van der Waals surface area contributed by atoms with E-state index < -0.39 is 5.97 Å². The van der Waals surface area contributed by atoms with Crippen molar-refractivity contribution in [1.29, 1.82) is 0 Å². The number of amides is 2. The summed E-state index contributed by atoms with van der Waals surface area (Å²) in [5.74, 6) is -0.0684. The summed E-state index contributed by atoms with van der Waals surface area (Å²) in [6.07, 6.45) is 3.48. The molecule has 27 heavy (non-hydrogen) atoms. The highest BCUT2D eigenvalue weighted by atomic mass is 16.5. The van der Waals surface area contributed by atoms with Crippen molar-refractivity contribution in [1.82, 2.24) is 14.7 Å². The monoisotopic (exact) mass is 372 g/mol. The molecule has 1 saturated heterocycles. The van der Waals surface area contributed by atoms with Crippen LogP contribution in [-0.4, -0.2) is 52.0 Å². The molecule has 1 aromatic heterocycles. The molecular weight excluding hydrogens is 348 g/mol. The number of hydrogen-bond donors (Lipinski definition) is 2. The second-order valence-electron chi connectivity index (χ2n) is 6.73. The normalized spacial score (nSPS) is 16.8. The number of piperidine rings is 1. The number of hydrogen-bond acceptors (Lipinski definition) is 4. The molecule has 0 spiro atoms. The zero-order chi connectivity index (χ0) is 19.4. The number of rotatable bonds is 5. The first-order valence-corrected chi connectivity index (χ1v) is 8.92. The van der Waals surface area contributed by atoms with Crippen LogP contribution in [-0.2, 0) is 11.3 Å². The Labute approximate surface area is 157 Å². The number of carbonyl (C=O) groups excluding carboxylic acids is 1. The Kier molecular flexibility index (Phi) is 5.63. The molecule has 1 unspecified atom stereocenters. The highest BCUT2D eigenvalue weighted by Crippen LogP contribution is 2.27. The van der Waals surface area contributed by atoms with Crippen LogP contribution in [0.3, 0.4) is 0 Å². The van der Waals surface area contributed by atoms with Crippen LogP contribution in [0.15, 0.2) is 30.5 Å². The number of benzene rings is 1. The topological polar surface area (TPSA) is 96.7 Å². The maximum Gasteiger partial charge on any atom is 0.325 e. The summed E-state index contributed by atoms with van der Waals surface area (Å²) in [7, 11) is 1.61. The van der Waals surface area contributed by atoms with Gasteiger partial charge in [0.25, 0.3) is 0 Å². The number of carboxylic acids is 1. The minimum Gasteiger partial charge on any atom is -0.497 e. The minimum atomic E-state index is -0.927. The first kappa shape index (κ1) is 18.8. The SMILES string of the molecule is COc1ccc(NC(=O)N2CCCC(c3ccn(CC(=O)O)n3)C2)c(C)c1. The predicted molar refractivity (Wildman–Crippen MR) is 100 cm³/mol. The van der Waals surface area contributed by atoms with Crippen molar-refractivity contribution in [3.8, 4) is 5.75 Å². The second-order valence-corrected chi connectivity index (χ2v) is 6.73. The number of ether oxygens (including phenoxy) is 1. The van der Waals surface area contributed by atoms with Crippen molar-refractivity contribution in [2.24, 2.45) is 0 Å². The minimum absolute atomic E-state index is 0.108. The van der Waals surface area contributed by atoms with E-state index in [0.29, 0.717) is 13.1 Å². The maximum atomic E-state index is 12.7. The largest absolute Gasteiger partial charge is 0.497 e. The third-order valence-electron chi connectivity index (χ3n) is 4.76. The number of nitrogens with zero attached hydrogens (tertiary/aromatic N) is 3. The van der Waals surface area contributed by atoms with Gasteiger partial charge in [0.1, 0.15) is 12.3 Å². The quantitative estimate of drug-likeness (QED) is 0.841. The Balaban J connectivity index is 1.64. The third kappa shape index (κ3) is 4.58. The van der Waals surface area contributed by atoms with Crippen LogP contribution in [0.1, 0.15) is 30.0 Å². The molecule has 1 atom stereocenters. The van der Waals surface area contributed by atoms with E-state index in [0.717, 1.165) is 35.5 Å². The van der Waals surface area contributed by atoms with Crippen LogP contribution >= 0.6 is 0 Å². The zero-order valence-electron chi connectivity index (χ0n) is 15.5. The average Bonchev–Trinajstić information content (AvgIpc) is 3.11. The molecule has 2 heterocycles. The maximum absolute atomic E-state index is 12.7. The summed E-state index contributed by atoms with van der Waals surface area (Å²) in [6.45, 7) is 3.01. The van der Waals surface area contributed by atoms with E-state index in [2.05, 4.69) is 10.4 Å². The van der Waals surface area contributed by atoms with Crippen LogP contribution in [0.5, 0.6) is 5.75 Å². The molecule has 144 valence electrons. The number of aryl methyl sites for hydroxylation is 1. The van der Waals surface area contributed by atoms with Crippen LogP contribution in [0, 0.1) is 6.92 Å². The first-order chi connectivity index (χ1) is 13.0. The van der Waals surface area contributed by atoms with E-state index in [4.69, 9.17) is 9.84 Å². The van der Waals surface area contributed by atoms with Crippen molar-refractivity contribution in [2.45, 2.75) is 32.2 Å². The van der Waals surface area contributed by atoms with Gasteiger partial charge in [-0.25, -0.2) is 4.79 Å². The Morgan fingerprint density at radius 2 is 2.19 bits per heavy atom. The van der Waals surface area contributed by atoms with E-state index in [1.54, 1.807) is 18.2 Å². The Morgan fingerprint density at radius 1 is 1.37 bits per heavy atom. The van der Waals surface area contributed by atoms with Crippen molar-refractivity contribution >= 4 is 17.7 Å². The Morgan fingerprint density at radius 3 is 2.89 bits per heavy atom. The van der Waals surface area contributed by atoms with Crippen molar-refractivity contribution in [2.75, 3.05) is 25.5 Å². The van der Waals surface area contributed by atoms with Gasteiger partial charge in [0, 0.05) is 30.9 Å². The number of aromatic nitrogens is 2. The predicted octanol–water partition coefficient (Wildman–Crippen LogP) is 2.70. The molecule has 1 fully saturated rings. The molecule has 0 radical (unpaired) electrons. The molecule has 2 N–H and O–H groups in total. The van der Waals surface area contributed by atoms with E-state index in [-0.39, 0.29) is 18.5 Å². The molecule has 2 aromatic rings. The fraction of sp³-hybridized carbons (Fsp3) is 0.421. The number of carbonyl (C=O) groups is 2. The second kappa shape index (κ2) is 8.11. The third-order valence-corrected chi connectivity index (χ3v) is 4.76. The van der Waals surface area contributed by atoms with Gasteiger partial charge in [0.15, 0.2) is 0 Å². The van der Waals surface area contributed by atoms with Crippen LogP contribution in [0.4, 0.5) is 10.5 Å². The number of carboxylic acid groups (broad SMARTS) is 1. The van der Waals surface area contributed by atoms with E-state index in [1.165, 1.54) is 4.68 Å². The van der Waals surface area contributed by atoms with Crippen LogP contribution < -0.4 is 10.1 Å². The van der Waals surface area contributed by atoms with Gasteiger partial charge in [-0.3, -0.25) is 9.48 Å². The fourth-order valence-corrected chi connectivity index (χ4v) is 3.32. The number of methoxy groups -OCH3 is 1. The number of nitrogens with one attached hydrogen (secondary N) is 1. The summed E-state index contributed by atoms with van der Waals surface area (Å²) >= 11 is 0. The molecule has 0 aliphatic carbocycles. The van der Waals surface area contributed by atoms with Gasteiger partial charge >= 0.3 is 12.0 Å². The molecule has 0 saturated carbocycles. The molecule has 3 rings (SSSR count). The smallest absolute Gasteiger partial charge is 0.325 e. The molecule has 1 aliphatic rings. The van der Waals surface area contributed by atoms with Gasteiger partial charge in [-0.2, -0.15) is 5.10 Å². The first-order valence-electron chi connectivity index (χ1n) is 8.92. The van der Waals surface area contributed by atoms with E-state index in [1.807, 2.05) is 31.2 Å². The van der Waals surface area contributed by atoms with Crippen LogP contribution in [0.25, 0.3) is 0 Å². The highest BCUT2D eigenvalue weighted by molar-refractivity contribution is 5.90. The van der Waals surface area contributed by atoms with Gasteiger partial charge in [-0.1, -0.05) is 0 Å². The standard InChI is InChI=1S/C19H24N4O4/c1-13-10-15(27-2)5-6-16(13)20-19(26)22-8-3-4-14(11-22)17-7-9-23(21-17)12-18(24)25/h5-7,9-10,14H,3-4,8,11-12H2,1-2H3,(H,20,26)(H,24,25). The van der Waals surface area contributed by atoms with E-state index in [9.17, 15) is 9.59 Å². The lowest BCUT2D eigenvalue weighted by Gasteiger charge is -2.32. The van der Waals surface area contributed by atoms with Gasteiger partial charge in [-0.05, 0) is 49.6 Å². The summed E-state index contributed by atoms with van der Waals surface area (Å²) in [6, 6.07) is 7.22. The van der Waals surface area contributed by atoms with Crippen molar-refractivity contribution in [3.63, 3.8) is 0 Å². The molecule has 8 nitrogen and oxygen atoms in total. The highest BCUT2D eigenvalue weighted by Gasteiger charge is 2.26. The van der Waals surface area contributed by atoms with E-state index >= 15 is 0 Å². The van der Waals surface area contributed by atoms with Crippen molar-refractivity contribution in [3.05, 3.63) is 41.7 Å². The van der Waals surface area contributed by atoms with Crippen molar-refractivity contribution < 1.29 is 19.4 Å². The van der Waals surface area contributed by atoms with Gasteiger partial charge < -0.3 is 20.1 Å². The molecule has 1 aromatic carbocycles. The average molecular weight is 372 g/mol. The van der Waals surface area contributed by atoms with Gasteiger partial charge in [0.2, 0.25) is 0 Å². The molecule has 2 amide bonds. The molecule has 8 heteroatoms. The number of aliphatic carboxylic acids is 1. The number of likely N-dealkylation sites (tertiary alicyclic amines) is 1.